The van der Waals surface area contributed by atoms with Gasteiger partial charge in [-0.05, 0) is 43.7 Å². The van der Waals surface area contributed by atoms with Crippen molar-refractivity contribution in [2.75, 3.05) is 21.4 Å². The number of hydrogen-bond donors (Lipinski definition) is 3. The molecule has 4 N–H and O–H groups in total. The van der Waals surface area contributed by atoms with Crippen molar-refractivity contribution < 1.29 is 18.0 Å². The van der Waals surface area contributed by atoms with Crippen molar-refractivity contribution in [1.82, 2.24) is 19.6 Å². The number of para-hydroxylation sites is 1. The summed E-state index contributed by atoms with van der Waals surface area (Å²) < 4.78 is 41.7. The molecule has 4 aromatic rings. The number of pyridine rings is 1. The van der Waals surface area contributed by atoms with Gasteiger partial charge in [0.05, 0.1) is 17.2 Å². The van der Waals surface area contributed by atoms with Crippen molar-refractivity contribution in [3.8, 4) is 11.1 Å². The molecule has 1 aliphatic rings. The highest BCUT2D eigenvalue weighted by Crippen LogP contribution is 2.36. The highest BCUT2D eigenvalue weighted by Gasteiger charge is 2.38. The van der Waals surface area contributed by atoms with Gasteiger partial charge in [-0.2, -0.15) is 13.2 Å². The first-order chi connectivity index (χ1) is 17.6. The Labute approximate surface area is 210 Å². The molecule has 0 saturated carbocycles. The number of benzene rings is 1. The lowest BCUT2D eigenvalue weighted by Crippen LogP contribution is -2.59. The van der Waals surface area contributed by atoms with Gasteiger partial charge in [0.1, 0.15) is 29.8 Å². The van der Waals surface area contributed by atoms with E-state index in [0.29, 0.717) is 11.4 Å². The molecule has 0 saturated heterocycles. The topological polar surface area (TPSA) is 114 Å². The van der Waals surface area contributed by atoms with E-state index in [9.17, 15) is 18.0 Å². The smallest absolute Gasteiger partial charge is 0.383 e. The van der Waals surface area contributed by atoms with Crippen LogP contribution < -0.4 is 21.4 Å². The second-order valence-electron chi connectivity index (χ2n) is 8.68. The standard InChI is InChI=1S/C25H23F3N8O/c1-14-8-9-35-20(14)24(37)36(18-6-4-3-5-7-18)23(34-35)15(2)33-22-19(21(29)31-13-32-22)16-10-17(12-30-11-16)25(26,27)28/h3-13,15,23,34H,1-2H3,(H3,29,31,32,33)/t15-,23?/m0/s1. The summed E-state index contributed by atoms with van der Waals surface area (Å²) in [6, 6.07) is 11.5. The SMILES string of the molecule is Cc1ccn2c1C(=O)N(c1ccccc1)C([C@H](C)Nc1ncnc(N)c1-c1cncc(C(F)(F)F)c1)N2. The third-order valence-electron chi connectivity index (χ3n) is 6.16. The third kappa shape index (κ3) is 4.41. The first-order valence-electron chi connectivity index (χ1n) is 11.4. The van der Waals surface area contributed by atoms with Gasteiger partial charge < -0.3 is 16.5 Å². The van der Waals surface area contributed by atoms with Gasteiger partial charge in [-0.15, -0.1) is 0 Å². The number of fused-ring (bicyclic) bond motifs is 1. The lowest BCUT2D eigenvalue weighted by Gasteiger charge is -2.41. The zero-order valence-corrected chi connectivity index (χ0v) is 19.9. The van der Waals surface area contributed by atoms with E-state index in [2.05, 4.69) is 25.7 Å². The molecule has 0 fully saturated rings. The fourth-order valence-electron chi connectivity index (χ4n) is 4.37. The Bertz CT molecular complexity index is 1450. The van der Waals surface area contributed by atoms with E-state index in [4.69, 9.17) is 5.73 Å². The molecule has 1 unspecified atom stereocenters. The van der Waals surface area contributed by atoms with E-state index in [-0.39, 0.29) is 28.7 Å². The van der Waals surface area contributed by atoms with Gasteiger partial charge in [0.2, 0.25) is 0 Å². The van der Waals surface area contributed by atoms with E-state index in [0.717, 1.165) is 17.8 Å². The number of aryl methyl sites for hydroxylation is 1. The highest BCUT2D eigenvalue weighted by atomic mass is 19.4. The molecule has 2 atom stereocenters. The van der Waals surface area contributed by atoms with Gasteiger partial charge in [0.15, 0.2) is 0 Å². The fraction of sp³-hybridized carbons (Fsp3) is 0.200. The summed E-state index contributed by atoms with van der Waals surface area (Å²) in [4.78, 5) is 27.2. The Morgan fingerprint density at radius 2 is 1.89 bits per heavy atom. The number of aromatic nitrogens is 4. The Morgan fingerprint density at radius 3 is 2.62 bits per heavy atom. The average molecular weight is 509 g/mol. The predicted molar refractivity (Wildman–Crippen MR) is 133 cm³/mol. The van der Waals surface area contributed by atoms with Crippen LogP contribution in [0.5, 0.6) is 0 Å². The zero-order valence-electron chi connectivity index (χ0n) is 19.9. The van der Waals surface area contributed by atoms with E-state index in [1.54, 1.807) is 15.8 Å². The van der Waals surface area contributed by atoms with E-state index in [1.165, 1.54) is 12.5 Å². The number of rotatable bonds is 5. The van der Waals surface area contributed by atoms with Crippen LogP contribution in [0.3, 0.4) is 0 Å². The van der Waals surface area contributed by atoms with Crippen LogP contribution in [-0.4, -0.2) is 37.7 Å². The molecular formula is C25H23F3N8O. The molecule has 0 spiro atoms. The quantitative estimate of drug-likeness (QED) is 0.369. The minimum Gasteiger partial charge on any atom is -0.383 e. The van der Waals surface area contributed by atoms with Crippen LogP contribution in [0.15, 0.2) is 67.4 Å². The first kappa shape index (κ1) is 24.1. The predicted octanol–water partition coefficient (Wildman–Crippen LogP) is 4.28. The van der Waals surface area contributed by atoms with Crippen molar-refractivity contribution in [3.05, 3.63) is 84.2 Å². The summed E-state index contributed by atoms with van der Waals surface area (Å²) in [6.07, 6.45) is -0.176. The molecule has 1 aliphatic heterocycles. The number of amides is 1. The third-order valence-corrected chi connectivity index (χ3v) is 6.16. The number of alkyl halides is 3. The van der Waals surface area contributed by atoms with Crippen LogP contribution in [0.25, 0.3) is 11.1 Å². The van der Waals surface area contributed by atoms with Crippen molar-refractivity contribution in [3.63, 3.8) is 0 Å². The van der Waals surface area contributed by atoms with Crippen molar-refractivity contribution in [2.45, 2.75) is 32.2 Å². The molecule has 3 aromatic heterocycles. The van der Waals surface area contributed by atoms with Gasteiger partial charge in [-0.3, -0.25) is 19.4 Å². The lowest BCUT2D eigenvalue weighted by molar-refractivity contribution is -0.137. The van der Waals surface area contributed by atoms with Crippen LogP contribution in [0.4, 0.5) is 30.5 Å². The van der Waals surface area contributed by atoms with Gasteiger partial charge in [-0.1, -0.05) is 18.2 Å². The largest absolute Gasteiger partial charge is 0.417 e. The summed E-state index contributed by atoms with van der Waals surface area (Å²) in [5.74, 6) is -0.00443. The van der Waals surface area contributed by atoms with Crippen molar-refractivity contribution >= 4 is 23.2 Å². The number of hydrogen-bond acceptors (Lipinski definition) is 7. The summed E-state index contributed by atoms with van der Waals surface area (Å²) in [5, 5.41) is 3.23. The molecule has 37 heavy (non-hydrogen) atoms. The Balaban J connectivity index is 1.53. The number of halogens is 3. The van der Waals surface area contributed by atoms with Gasteiger partial charge in [0.25, 0.3) is 5.91 Å². The number of carbonyl (C=O) groups excluding carboxylic acids is 1. The molecule has 0 radical (unpaired) electrons. The first-order valence-corrected chi connectivity index (χ1v) is 11.4. The Kier molecular flexibility index (Phi) is 5.94. The van der Waals surface area contributed by atoms with Crippen LogP contribution in [-0.2, 0) is 6.18 Å². The number of nitrogens with one attached hydrogen (secondary N) is 2. The zero-order chi connectivity index (χ0) is 26.3. The molecule has 0 aliphatic carbocycles. The maximum atomic E-state index is 13.6. The summed E-state index contributed by atoms with van der Waals surface area (Å²) in [6.45, 7) is 3.68. The summed E-state index contributed by atoms with van der Waals surface area (Å²) >= 11 is 0. The molecule has 1 amide bonds. The molecule has 5 rings (SSSR count). The number of nitrogen functional groups attached to an aromatic ring is 1. The van der Waals surface area contributed by atoms with Gasteiger partial charge in [-0.25, -0.2) is 9.97 Å². The number of anilines is 3. The van der Waals surface area contributed by atoms with Gasteiger partial charge >= 0.3 is 6.18 Å². The number of carbonyl (C=O) groups is 1. The van der Waals surface area contributed by atoms with Crippen LogP contribution in [0.2, 0.25) is 0 Å². The molecule has 1 aromatic carbocycles. The maximum absolute atomic E-state index is 13.6. The normalized spacial score (nSPS) is 16.2. The Hall–Kier alpha value is -4.61. The van der Waals surface area contributed by atoms with Crippen molar-refractivity contribution in [2.24, 2.45) is 0 Å². The average Bonchev–Trinajstić information content (AvgIpc) is 3.25. The van der Waals surface area contributed by atoms with Crippen LogP contribution in [0, 0.1) is 6.92 Å². The van der Waals surface area contributed by atoms with E-state index in [1.807, 2.05) is 50.2 Å². The lowest BCUT2D eigenvalue weighted by atomic mass is 10.1. The van der Waals surface area contributed by atoms with Crippen LogP contribution >= 0.6 is 0 Å². The molecular weight excluding hydrogens is 485 g/mol. The van der Waals surface area contributed by atoms with Gasteiger partial charge in [0, 0.05) is 29.8 Å². The minimum atomic E-state index is -4.58. The second-order valence-corrected chi connectivity index (χ2v) is 8.68. The summed E-state index contributed by atoms with van der Waals surface area (Å²) in [7, 11) is 0. The van der Waals surface area contributed by atoms with Crippen molar-refractivity contribution in [1.29, 1.82) is 0 Å². The molecule has 9 nitrogen and oxygen atoms in total. The fourth-order valence-corrected chi connectivity index (χ4v) is 4.37. The molecule has 12 heteroatoms. The molecule has 0 bridgehead atoms. The monoisotopic (exact) mass is 508 g/mol. The Morgan fingerprint density at radius 1 is 1.14 bits per heavy atom. The second kappa shape index (κ2) is 9.12. The molecule has 4 heterocycles. The number of nitrogens with two attached hydrogens (primary N) is 1. The van der Waals surface area contributed by atoms with E-state index >= 15 is 0 Å². The highest BCUT2D eigenvalue weighted by molar-refractivity contribution is 6.07. The minimum absolute atomic E-state index is 0.0123. The van der Waals surface area contributed by atoms with Crippen LogP contribution in [0.1, 0.15) is 28.5 Å². The number of nitrogens with zero attached hydrogens (tertiary/aromatic N) is 5. The van der Waals surface area contributed by atoms with E-state index < -0.39 is 23.9 Å². The molecule has 190 valence electrons. The summed E-state index contributed by atoms with van der Waals surface area (Å²) in [5.41, 5.74) is 10.8. The maximum Gasteiger partial charge on any atom is 0.417 e.